The summed E-state index contributed by atoms with van der Waals surface area (Å²) in [4.78, 5) is 4.76. The van der Waals surface area contributed by atoms with Gasteiger partial charge in [0.1, 0.15) is 5.82 Å². The van der Waals surface area contributed by atoms with E-state index in [1.54, 1.807) is 0 Å². The van der Waals surface area contributed by atoms with Crippen LogP contribution in [0, 0.1) is 6.92 Å². The molecule has 1 heterocycles. The Balaban J connectivity index is 2.12. The van der Waals surface area contributed by atoms with Crippen molar-refractivity contribution in [1.82, 2.24) is 9.55 Å². The van der Waals surface area contributed by atoms with Gasteiger partial charge in [0, 0.05) is 7.11 Å². The summed E-state index contributed by atoms with van der Waals surface area (Å²) in [6.45, 7) is 4.92. The summed E-state index contributed by atoms with van der Waals surface area (Å²) >= 11 is 6.34. The number of nitrogens with zero attached hydrogens (tertiary/aromatic N) is 2. The molecule has 4 heteroatoms. The summed E-state index contributed by atoms with van der Waals surface area (Å²) in [5.74, 6) is 0.944. The number of aromatic nitrogens is 2. The minimum absolute atomic E-state index is 0.0299. The first-order valence-electron chi connectivity index (χ1n) is 7.21. The lowest BCUT2D eigenvalue weighted by Gasteiger charge is -2.41. The Kier molecular flexibility index (Phi) is 3.51. The molecule has 20 heavy (non-hydrogen) atoms. The summed E-state index contributed by atoms with van der Waals surface area (Å²) < 4.78 is 8.02. The summed E-state index contributed by atoms with van der Waals surface area (Å²) in [5.41, 5.74) is 3.38. The van der Waals surface area contributed by atoms with Crippen molar-refractivity contribution in [3.05, 3.63) is 29.6 Å². The molecule has 0 amide bonds. The van der Waals surface area contributed by atoms with E-state index < -0.39 is 0 Å². The third-order valence-corrected chi connectivity index (χ3v) is 4.71. The van der Waals surface area contributed by atoms with Gasteiger partial charge >= 0.3 is 0 Å². The maximum Gasteiger partial charge on any atom is 0.127 e. The molecule has 0 radical (unpaired) electrons. The van der Waals surface area contributed by atoms with Crippen LogP contribution in [0.2, 0.25) is 0 Å². The first kappa shape index (κ1) is 13.9. The minimum atomic E-state index is -0.101. The van der Waals surface area contributed by atoms with Crippen LogP contribution >= 0.6 is 11.6 Å². The number of hydrogen-bond donors (Lipinski definition) is 0. The molecule has 1 aromatic heterocycles. The minimum Gasteiger partial charge on any atom is -0.376 e. The first-order valence-corrected chi connectivity index (χ1v) is 7.65. The Labute approximate surface area is 124 Å². The maximum atomic E-state index is 6.34. The van der Waals surface area contributed by atoms with E-state index in [1.165, 1.54) is 12.0 Å². The van der Waals surface area contributed by atoms with E-state index in [2.05, 4.69) is 29.7 Å². The molecule has 1 saturated carbocycles. The molecule has 0 saturated heterocycles. The lowest BCUT2D eigenvalue weighted by atomic mass is 9.80. The lowest BCUT2D eigenvalue weighted by Crippen LogP contribution is -2.43. The third-order valence-electron chi connectivity index (χ3n) is 4.51. The molecular weight excluding hydrogens is 272 g/mol. The number of para-hydroxylation sites is 1. The standard InChI is InChI=1S/C16H21ClN2O/c1-11-6-4-7-13-14(11)18-15(12(2)17)19(13)10-16(20-3)8-5-9-16/h4,6-7,12H,5,8-10H2,1-3H3. The van der Waals surface area contributed by atoms with Crippen molar-refractivity contribution in [2.75, 3.05) is 7.11 Å². The fraction of sp³-hybridized carbons (Fsp3) is 0.562. The van der Waals surface area contributed by atoms with Crippen LogP contribution in [0.4, 0.5) is 0 Å². The second-order valence-corrected chi connectivity index (χ2v) is 6.51. The molecule has 0 aliphatic heterocycles. The number of imidazole rings is 1. The van der Waals surface area contributed by atoms with Crippen molar-refractivity contribution in [3.8, 4) is 0 Å². The number of aryl methyl sites for hydroxylation is 1. The van der Waals surface area contributed by atoms with Crippen LogP contribution in [0.1, 0.15) is 43.0 Å². The van der Waals surface area contributed by atoms with Crippen LogP contribution in [0.15, 0.2) is 18.2 Å². The van der Waals surface area contributed by atoms with Gasteiger partial charge in [0.05, 0.1) is 28.6 Å². The quantitative estimate of drug-likeness (QED) is 0.789. The van der Waals surface area contributed by atoms with Crippen molar-refractivity contribution >= 4 is 22.6 Å². The molecule has 1 unspecified atom stereocenters. The number of fused-ring (bicyclic) bond motifs is 1. The number of halogens is 1. The van der Waals surface area contributed by atoms with Crippen LogP contribution < -0.4 is 0 Å². The van der Waals surface area contributed by atoms with Crippen LogP contribution in [-0.4, -0.2) is 22.3 Å². The van der Waals surface area contributed by atoms with Crippen molar-refractivity contribution in [2.24, 2.45) is 0 Å². The Bertz CT molecular complexity index is 623. The summed E-state index contributed by atoms with van der Waals surface area (Å²) in [7, 11) is 1.81. The Morgan fingerprint density at radius 1 is 1.45 bits per heavy atom. The smallest absolute Gasteiger partial charge is 0.127 e. The van der Waals surface area contributed by atoms with Gasteiger partial charge in [-0.25, -0.2) is 4.98 Å². The first-order chi connectivity index (χ1) is 9.56. The highest BCUT2D eigenvalue weighted by molar-refractivity contribution is 6.20. The number of ether oxygens (including phenoxy) is 1. The van der Waals surface area contributed by atoms with Gasteiger partial charge in [-0.05, 0) is 44.7 Å². The van der Waals surface area contributed by atoms with Crippen molar-refractivity contribution in [1.29, 1.82) is 0 Å². The fourth-order valence-electron chi connectivity index (χ4n) is 3.06. The van der Waals surface area contributed by atoms with Gasteiger partial charge in [0.2, 0.25) is 0 Å². The van der Waals surface area contributed by atoms with E-state index in [1.807, 2.05) is 14.0 Å². The zero-order valence-corrected chi connectivity index (χ0v) is 13.1. The van der Waals surface area contributed by atoms with E-state index in [-0.39, 0.29) is 11.0 Å². The zero-order chi connectivity index (χ0) is 14.3. The second kappa shape index (κ2) is 5.05. The highest BCUT2D eigenvalue weighted by atomic mass is 35.5. The highest BCUT2D eigenvalue weighted by Gasteiger charge is 2.38. The van der Waals surface area contributed by atoms with Crippen LogP contribution in [-0.2, 0) is 11.3 Å². The van der Waals surface area contributed by atoms with Gasteiger partial charge in [0.15, 0.2) is 0 Å². The number of alkyl halides is 1. The Morgan fingerprint density at radius 2 is 2.20 bits per heavy atom. The molecule has 0 N–H and O–H groups in total. The predicted octanol–water partition coefficient (Wildman–Crippen LogP) is 4.21. The van der Waals surface area contributed by atoms with Crippen LogP contribution in [0.3, 0.4) is 0 Å². The topological polar surface area (TPSA) is 27.1 Å². The lowest BCUT2D eigenvalue weighted by molar-refractivity contribution is -0.0832. The van der Waals surface area contributed by atoms with Crippen LogP contribution in [0.5, 0.6) is 0 Å². The third kappa shape index (κ3) is 2.13. The molecule has 108 valence electrons. The number of rotatable bonds is 4. The Hall–Kier alpha value is -1.06. The van der Waals surface area contributed by atoms with E-state index in [4.69, 9.17) is 21.3 Å². The van der Waals surface area contributed by atoms with E-state index in [0.29, 0.717) is 0 Å². The molecule has 1 atom stereocenters. The molecule has 0 spiro atoms. The average molecular weight is 293 g/mol. The van der Waals surface area contributed by atoms with E-state index in [9.17, 15) is 0 Å². The molecule has 1 fully saturated rings. The van der Waals surface area contributed by atoms with Crippen molar-refractivity contribution < 1.29 is 4.74 Å². The normalized spacial score (nSPS) is 19.0. The summed E-state index contributed by atoms with van der Waals surface area (Å²) in [6, 6.07) is 6.30. The molecule has 2 aromatic rings. The van der Waals surface area contributed by atoms with E-state index in [0.717, 1.165) is 36.2 Å². The molecule has 3 rings (SSSR count). The van der Waals surface area contributed by atoms with Gasteiger partial charge in [-0.2, -0.15) is 0 Å². The number of hydrogen-bond acceptors (Lipinski definition) is 2. The van der Waals surface area contributed by atoms with Crippen LogP contribution in [0.25, 0.3) is 11.0 Å². The van der Waals surface area contributed by atoms with Gasteiger partial charge < -0.3 is 9.30 Å². The van der Waals surface area contributed by atoms with Crippen molar-refractivity contribution in [2.45, 2.75) is 50.6 Å². The molecule has 1 aromatic carbocycles. The largest absolute Gasteiger partial charge is 0.376 e. The molecule has 1 aliphatic carbocycles. The van der Waals surface area contributed by atoms with Gasteiger partial charge in [-0.3, -0.25) is 0 Å². The SMILES string of the molecule is COC1(Cn2c(C(C)Cl)nc3c(C)cccc32)CCC1. The molecule has 0 bridgehead atoms. The molecular formula is C16H21ClN2O. The molecule has 3 nitrogen and oxygen atoms in total. The summed E-state index contributed by atoms with van der Waals surface area (Å²) in [6.07, 6.45) is 3.47. The van der Waals surface area contributed by atoms with Gasteiger partial charge in [-0.15, -0.1) is 11.6 Å². The maximum absolute atomic E-state index is 6.34. The average Bonchev–Trinajstić information content (AvgIpc) is 2.74. The summed E-state index contributed by atoms with van der Waals surface area (Å²) in [5, 5.41) is -0.101. The fourth-order valence-corrected chi connectivity index (χ4v) is 3.23. The predicted molar refractivity (Wildman–Crippen MR) is 82.3 cm³/mol. The monoisotopic (exact) mass is 292 g/mol. The van der Waals surface area contributed by atoms with Crippen molar-refractivity contribution in [3.63, 3.8) is 0 Å². The highest BCUT2D eigenvalue weighted by Crippen LogP contribution is 2.38. The molecule has 1 aliphatic rings. The number of benzene rings is 1. The zero-order valence-electron chi connectivity index (χ0n) is 12.3. The number of methoxy groups -OCH3 is 1. The van der Waals surface area contributed by atoms with E-state index >= 15 is 0 Å². The van der Waals surface area contributed by atoms with Gasteiger partial charge in [-0.1, -0.05) is 12.1 Å². The Morgan fingerprint density at radius 3 is 2.75 bits per heavy atom. The second-order valence-electron chi connectivity index (χ2n) is 5.86. The van der Waals surface area contributed by atoms with Gasteiger partial charge in [0.25, 0.3) is 0 Å².